The maximum absolute atomic E-state index is 5.64. The van der Waals surface area contributed by atoms with Crippen LogP contribution in [0.5, 0.6) is 0 Å². The molecule has 0 saturated carbocycles. The largest absolute Gasteiger partial charge is 0.469 e. The maximum Gasteiger partial charge on any atom is 0.105 e. The van der Waals surface area contributed by atoms with Crippen LogP contribution >= 0.6 is 0 Å². The Hall–Kier alpha value is -0.800. The third-order valence-corrected chi connectivity index (χ3v) is 3.42. The summed E-state index contributed by atoms with van der Waals surface area (Å²) in [5, 5.41) is 3.35. The van der Waals surface area contributed by atoms with Gasteiger partial charge in [0.05, 0.1) is 12.4 Å². The molecule has 3 heteroatoms. The van der Waals surface area contributed by atoms with E-state index in [1.54, 1.807) is 6.26 Å². The molecule has 0 bridgehead atoms. The molecule has 2 rings (SSSR count). The first-order chi connectivity index (χ1) is 7.81. The third-order valence-electron chi connectivity index (χ3n) is 3.42. The molecule has 1 saturated heterocycles. The summed E-state index contributed by atoms with van der Waals surface area (Å²) < 4.78 is 11.0. The van der Waals surface area contributed by atoms with Crippen molar-refractivity contribution in [2.45, 2.75) is 44.8 Å². The first-order valence-corrected chi connectivity index (χ1v) is 6.14. The highest BCUT2D eigenvalue weighted by molar-refractivity contribution is 5.20. The molecular formula is C13H21NO2. The van der Waals surface area contributed by atoms with Crippen molar-refractivity contribution >= 4 is 0 Å². The number of ether oxygens (including phenoxy) is 1. The summed E-state index contributed by atoms with van der Waals surface area (Å²) >= 11 is 0. The number of nitrogens with one attached hydrogen (secondary N) is 1. The molecule has 1 aliphatic heterocycles. The fourth-order valence-electron chi connectivity index (χ4n) is 2.44. The number of hydrogen-bond acceptors (Lipinski definition) is 3. The summed E-state index contributed by atoms with van der Waals surface area (Å²) in [6.45, 7) is 2.96. The highest BCUT2D eigenvalue weighted by Gasteiger charge is 2.19. The lowest BCUT2D eigenvalue weighted by atomic mass is 10.00. The molecule has 16 heavy (non-hydrogen) atoms. The highest BCUT2D eigenvalue weighted by atomic mass is 16.5. The molecule has 1 aliphatic rings. The molecule has 2 unspecified atom stereocenters. The van der Waals surface area contributed by atoms with E-state index in [1.807, 2.05) is 14.0 Å². The Morgan fingerprint density at radius 2 is 2.44 bits per heavy atom. The van der Waals surface area contributed by atoms with Crippen molar-refractivity contribution < 1.29 is 9.15 Å². The smallest absolute Gasteiger partial charge is 0.105 e. The van der Waals surface area contributed by atoms with Crippen LogP contribution in [0, 0.1) is 6.92 Å². The van der Waals surface area contributed by atoms with Gasteiger partial charge in [0, 0.05) is 18.2 Å². The van der Waals surface area contributed by atoms with Gasteiger partial charge in [0.25, 0.3) is 0 Å². The molecule has 0 aliphatic carbocycles. The lowest BCUT2D eigenvalue weighted by Gasteiger charge is -2.17. The van der Waals surface area contributed by atoms with E-state index < -0.39 is 0 Å². The van der Waals surface area contributed by atoms with Gasteiger partial charge in [0.15, 0.2) is 0 Å². The van der Waals surface area contributed by atoms with E-state index in [1.165, 1.54) is 18.4 Å². The predicted octanol–water partition coefficient (Wildman–Crippen LogP) is 2.81. The Kier molecular flexibility index (Phi) is 4.02. The van der Waals surface area contributed by atoms with Crippen molar-refractivity contribution in [2.75, 3.05) is 13.7 Å². The molecule has 90 valence electrons. The Morgan fingerprint density at radius 1 is 1.56 bits per heavy atom. The van der Waals surface area contributed by atoms with Crippen molar-refractivity contribution in [3.05, 3.63) is 23.7 Å². The van der Waals surface area contributed by atoms with Gasteiger partial charge in [-0.05, 0) is 45.7 Å². The van der Waals surface area contributed by atoms with Gasteiger partial charge in [-0.1, -0.05) is 0 Å². The molecule has 0 amide bonds. The molecule has 0 radical (unpaired) electrons. The average molecular weight is 223 g/mol. The minimum atomic E-state index is 0.392. The van der Waals surface area contributed by atoms with E-state index in [-0.39, 0.29) is 0 Å². The fraction of sp³-hybridized carbons (Fsp3) is 0.692. The Balaban J connectivity index is 1.88. The second-order valence-electron chi connectivity index (χ2n) is 4.49. The van der Waals surface area contributed by atoms with E-state index in [0.717, 1.165) is 25.2 Å². The summed E-state index contributed by atoms with van der Waals surface area (Å²) in [6, 6.07) is 2.45. The molecule has 1 fully saturated rings. The van der Waals surface area contributed by atoms with E-state index in [9.17, 15) is 0 Å². The molecule has 1 aromatic heterocycles. The van der Waals surface area contributed by atoms with Gasteiger partial charge in [0.1, 0.15) is 5.76 Å². The molecule has 1 N–H and O–H groups in total. The SMILES string of the molecule is CNC(CCC1CCCO1)c1ccoc1C. The first-order valence-electron chi connectivity index (χ1n) is 6.14. The van der Waals surface area contributed by atoms with Crippen molar-refractivity contribution in [1.82, 2.24) is 5.32 Å². The molecule has 2 atom stereocenters. The maximum atomic E-state index is 5.64. The van der Waals surface area contributed by atoms with Crippen molar-refractivity contribution in [3.8, 4) is 0 Å². The number of aryl methyl sites for hydroxylation is 1. The van der Waals surface area contributed by atoms with Gasteiger partial charge < -0.3 is 14.5 Å². The van der Waals surface area contributed by atoms with E-state index in [2.05, 4.69) is 11.4 Å². The van der Waals surface area contributed by atoms with E-state index in [0.29, 0.717) is 12.1 Å². The monoisotopic (exact) mass is 223 g/mol. The standard InChI is InChI=1S/C13H21NO2/c1-10-12(7-9-15-10)13(14-2)6-5-11-4-3-8-16-11/h7,9,11,13-14H,3-6,8H2,1-2H3. The zero-order chi connectivity index (χ0) is 11.4. The lowest BCUT2D eigenvalue weighted by Crippen LogP contribution is -2.18. The second-order valence-corrected chi connectivity index (χ2v) is 4.49. The molecule has 0 aromatic carbocycles. The van der Waals surface area contributed by atoms with Gasteiger partial charge in [-0.2, -0.15) is 0 Å². The van der Waals surface area contributed by atoms with Gasteiger partial charge in [-0.15, -0.1) is 0 Å². The van der Waals surface area contributed by atoms with Crippen molar-refractivity contribution in [3.63, 3.8) is 0 Å². The summed E-state index contributed by atoms with van der Waals surface area (Å²) in [5.74, 6) is 1.02. The predicted molar refractivity (Wildman–Crippen MR) is 63.5 cm³/mol. The summed E-state index contributed by atoms with van der Waals surface area (Å²) in [4.78, 5) is 0. The normalized spacial score (nSPS) is 22.5. The Morgan fingerprint density at radius 3 is 3.00 bits per heavy atom. The Labute approximate surface area is 97.2 Å². The average Bonchev–Trinajstić information content (AvgIpc) is 2.92. The molecule has 1 aromatic rings. The minimum Gasteiger partial charge on any atom is -0.469 e. The van der Waals surface area contributed by atoms with Crippen LogP contribution in [0.4, 0.5) is 0 Å². The van der Waals surface area contributed by atoms with Gasteiger partial charge in [-0.25, -0.2) is 0 Å². The van der Waals surface area contributed by atoms with Crippen LogP contribution in [0.3, 0.4) is 0 Å². The van der Waals surface area contributed by atoms with Crippen LogP contribution in [0.15, 0.2) is 16.7 Å². The van der Waals surface area contributed by atoms with Gasteiger partial charge >= 0.3 is 0 Å². The van der Waals surface area contributed by atoms with Crippen molar-refractivity contribution in [1.29, 1.82) is 0 Å². The van der Waals surface area contributed by atoms with Gasteiger partial charge in [-0.3, -0.25) is 0 Å². The van der Waals surface area contributed by atoms with Crippen LogP contribution in [0.2, 0.25) is 0 Å². The highest BCUT2D eigenvalue weighted by Crippen LogP contribution is 2.26. The topological polar surface area (TPSA) is 34.4 Å². The van der Waals surface area contributed by atoms with Crippen LogP contribution in [0.1, 0.15) is 43.0 Å². The van der Waals surface area contributed by atoms with Crippen LogP contribution in [-0.2, 0) is 4.74 Å². The fourth-order valence-corrected chi connectivity index (χ4v) is 2.44. The van der Waals surface area contributed by atoms with Gasteiger partial charge in [0.2, 0.25) is 0 Å². The number of rotatable bonds is 5. The molecule has 3 nitrogen and oxygen atoms in total. The molecule has 0 spiro atoms. The first kappa shape index (κ1) is 11.7. The van der Waals surface area contributed by atoms with E-state index in [4.69, 9.17) is 9.15 Å². The lowest BCUT2D eigenvalue weighted by molar-refractivity contribution is 0.0998. The van der Waals surface area contributed by atoms with Crippen LogP contribution in [0.25, 0.3) is 0 Å². The quantitative estimate of drug-likeness (QED) is 0.833. The van der Waals surface area contributed by atoms with Crippen LogP contribution in [-0.4, -0.2) is 19.8 Å². The second kappa shape index (κ2) is 5.51. The van der Waals surface area contributed by atoms with Crippen molar-refractivity contribution in [2.24, 2.45) is 0 Å². The van der Waals surface area contributed by atoms with E-state index >= 15 is 0 Å². The zero-order valence-corrected chi connectivity index (χ0v) is 10.2. The van der Waals surface area contributed by atoms with Crippen LogP contribution < -0.4 is 5.32 Å². The number of hydrogen-bond donors (Lipinski definition) is 1. The summed E-state index contributed by atoms with van der Waals surface area (Å²) in [6.07, 6.45) is 6.93. The molecule has 2 heterocycles. The number of furan rings is 1. The molecular weight excluding hydrogens is 202 g/mol. The summed E-state index contributed by atoms with van der Waals surface area (Å²) in [5.41, 5.74) is 1.28. The Bertz CT molecular complexity index is 315. The summed E-state index contributed by atoms with van der Waals surface area (Å²) in [7, 11) is 2.01. The minimum absolute atomic E-state index is 0.392. The zero-order valence-electron chi connectivity index (χ0n) is 10.2. The third kappa shape index (κ3) is 2.66.